The first-order valence-electron chi connectivity index (χ1n) is 23.6. The summed E-state index contributed by atoms with van der Waals surface area (Å²) in [6.45, 7) is 0. The summed E-state index contributed by atoms with van der Waals surface area (Å²) >= 11 is 0. The molecule has 0 radical (unpaired) electrons. The third kappa shape index (κ3) is 6.15. The van der Waals surface area contributed by atoms with Gasteiger partial charge in [-0.1, -0.05) is 182 Å². The molecule has 0 amide bonds. The predicted molar refractivity (Wildman–Crippen MR) is 290 cm³/mol. The maximum absolute atomic E-state index is 7.39. The zero-order chi connectivity index (χ0) is 46.3. The molecule has 1 aliphatic heterocycles. The molecule has 13 aromatic rings. The van der Waals surface area contributed by atoms with Crippen LogP contribution in [0.1, 0.15) is 22.9 Å². The summed E-state index contributed by atoms with van der Waals surface area (Å²) in [6, 6.07) is 80.7. The van der Waals surface area contributed by atoms with Gasteiger partial charge in [0.05, 0.1) is 39.1 Å². The molecule has 7 heteroatoms. The summed E-state index contributed by atoms with van der Waals surface area (Å²) < 4.78 is 11.4. The minimum absolute atomic E-state index is 0.447. The fraction of sp³-hybridized carbons (Fsp3) is 0.0159. The first-order valence-corrected chi connectivity index (χ1v) is 23.6. The first kappa shape index (κ1) is 39.7. The molecule has 0 fully saturated rings. The van der Waals surface area contributed by atoms with Crippen molar-refractivity contribution in [2.24, 2.45) is 9.98 Å². The van der Waals surface area contributed by atoms with Crippen LogP contribution in [0.2, 0.25) is 0 Å². The Kier molecular flexibility index (Phi) is 8.97. The molecular weight excluding hydrogens is 857 g/mol. The van der Waals surface area contributed by atoms with Gasteiger partial charge in [-0.2, -0.15) is 0 Å². The van der Waals surface area contributed by atoms with Crippen LogP contribution in [-0.4, -0.2) is 20.8 Å². The van der Waals surface area contributed by atoms with Crippen molar-refractivity contribution in [3.8, 4) is 33.6 Å². The highest BCUT2D eigenvalue weighted by atomic mass is 16.3. The molecular formula is C63H42N6O. The SMILES string of the molecule is Nc1cc(C2=NC(c3ccccc3-c3ccccc3)NC(c3ccccc3-c3ccccc3)=N2)ccc1-n1c2ccccc2c2ccc3c(c4ccccc4n3-c3cccc4c3oc3ccccc34)c21. The van der Waals surface area contributed by atoms with Crippen LogP contribution in [0.25, 0.3) is 99.2 Å². The number of fused-ring (bicyclic) bond motifs is 10. The minimum Gasteiger partial charge on any atom is -0.454 e. The number of anilines is 1. The van der Waals surface area contributed by atoms with Crippen LogP contribution in [0.3, 0.4) is 0 Å². The number of aliphatic imine (C=N–C) groups is 2. The Morgan fingerprint density at radius 1 is 0.443 bits per heavy atom. The highest BCUT2D eigenvalue weighted by Gasteiger charge is 2.27. The lowest BCUT2D eigenvalue weighted by Gasteiger charge is -2.26. The van der Waals surface area contributed by atoms with Crippen molar-refractivity contribution in [2.75, 3.05) is 5.73 Å². The molecule has 14 rings (SSSR count). The van der Waals surface area contributed by atoms with Gasteiger partial charge < -0.3 is 24.6 Å². The molecule has 1 aliphatic rings. The molecule has 1 unspecified atom stereocenters. The van der Waals surface area contributed by atoms with Crippen LogP contribution < -0.4 is 11.1 Å². The van der Waals surface area contributed by atoms with Crippen LogP contribution in [0.5, 0.6) is 0 Å². The van der Waals surface area contributed by atoms with Crippen molar-refractivity contribution >= 4 is 82.9 Å². The van der Waals surface area contributed by atoms with E-state index in [9.17, 15) is 0 Å². The number of nitrogen functional groups attached to an aromatic ring is 1. The minimum atomic E-state index is -0.447. The normalized spacial score (nSPS) is 13.9. The number of furan rings is 1. The average molecular weight is 899 g/mol. The molecule has 10 aromatic carbocycles. The lowest BCUT2D eigenvalue weighted by molar-refractivity contribution is 0.666. The summed E-state index contributed by atoms with van der Waals surface area (Å²) in [5.74, 6) is 1.33. The highest BCUT2D eigenvalue weighted by Crippen LogP contribution is 2.44. The first-order chi connectivity index (χ1) is 34.7. The molecule has 0 saturated heterocycles. The van der Waals surface area contributed by atoms with E-state index >= 15 is 0 Å². The van der Waals surface area contributed by atoms with Gasteiger partial charge >= 0.3 is 0 Å². The molecule has 330 valence electrons. The Hall–Kier alpha value is -9.46. The number of nitrogens with one attached hydrogen (secondary N) is 1. The number of hydrogen-bond donors (Lipinski definition) is 2. The van der Waals surface area contributed by atoms with Crippen molar-refractivity contribution in [1.82, 2.24) is 14.5 Å². The van der Waals surface area contributed by atoms with Crippen molar-refractivity contribution < 1.29 is 4.42 Å². The van der Waals surface area contributed by atoms with Crippen LogP contribution in [0, 0.1) is 0 Å². The number of amidine groups is 2. The van der Waals surface area contributed by atoms with E-state index < -0.39 is 6.17 Å². The Morgan fingerprint density at radius 3 is 1.86 bits per heavy atom. The zero-order valence-corrected chi connectivity index (χ0v) is 37.8. The van der Waals surface area contributed by atoms with Crippen LogP contribution >= 0.6 is 0 Å². The fourth-order valence-electron chi connectivity index (χ4n) is 10.9. The van der Waals surface area contributed by atoms with Gasteiger partial charge in [0.25, 0.3) is 0 Å². The Morgan fingerprint density at radius 2 is 1.07 bits per heavy atom. The lowest BCUT2D eigenvalue weighted by Crippen LogP contribution is -2.34. The van der Waals surface area contributed by atoms with E-state index in [1.807, 2.05) is 30.3 Å². The Labute approximate surface area is 402 Å². The number of hydrogen-bond acceptors (Lipinski definition) is 5. The quantitative estimate of drug-likeness (QED) is 0.156. The lowest BCUT2D eigenvalue weighted by atomic mass is 9.96. The van der Waals surface area contributed by atoms with Gasteiger partial charge in [0.1, 0.15) is 17.6 Å². The summed E-state index contributed by atoms with van der Waals surface area (Å²) in [6.07, 6.45) is -0.447. The van der Waals surface area contributed by atoms with Crippen molar-refractivity contribution in [1.29, 1.82) is 0 Å². The topological polar surface area (TPSA) is 85.8 Å². The molecule has 7 nitrogen and oxygen atoms in total. The Balaban J connectivity index is 0.971. The number of nitrogens with two attached hydrogens (primary N) is 1. The molecule has 0 spiro atoms. The third-order valence-electron chi connectivity index (χ3n) is 14.0. The molecule has 4 heterocycles. The largest absolute Gasteiger partial charge is 0.454 e. The second-order valence-corrected chi connectivity index (χ2v) is 17.9. The number of para-hydroxylation sites is 4. The summed E-state index contributed by atoms with van der Waals surface area (Å²) in [4.78, 5) is 10.8. The maximum Gasteiger partial charge on any atom is 0.159 e. The molecule has 0 saturated carbocycles. The van der Waals surface area contributed by atoms with Crippen molar-refractivity contribution in [2.45, 2.75) is 6.17 Å². The van der Waals surface area contributed by atoms with E-state index in [0.29, 0.717) is 11.5 Å². The number of nitrogens with zero attached hydrogens (tertiary/aromatic N) is 4. The number of rotatable bonds is 7. The van der Waals surface area contributed by atoms with Gasteiger partial charge in [-0.3, -0.25) is 0 Å². The molecule has 1 atom stereocenters. The van der Waals surface area contributed by atoms with E-state index in [1.54, 1.807) is 0 Å². The zero-order valence-electron chi connectivity index (χ0n) is 37.8. The maximum atomic E-state index is 7.39. The summed E-state index contributed by atoms with van der Waals surface area (Å²) in [5, 5.41) is 10.5. The van der Waals surface area contributed by atoms with Gasteiger partial charge in [0, 0.05) is 49.0 Å². The third-order valence-corrected chi connectivity index (χ3v) is 14.0. The monoisotopic (exact) mass is 898 g/mol. The van der Waals surface area contributed by atoms with Gasteiger partial charge in [0.2, 0.25) is 0 Å². The fourth-order valence-corrected chi connectivity index (χ4v) is 10.9. The van der Waals surface area contributed by atoms with Gasteiger partial charge in [-0.05, 0) is 70.8 Å². The molecule has 3 N–H and O–H groups in total. The van der Waals surface area contributed by atoms with Gasteiger partial charge in [-0.15, -0.1) is 0 Å². The smallest absolute Gasteiger partial charge is 0.159 e. The molecule has 70 heavy (non-hydrogen) atoms. The second-order valence-electron chi connectivity index (χ2n) is 17.9. The van der Waals surface area contributed by atoms with Crippen LogP contribution in [0.15, 0.2) is 245 Å². The number of benzene rings is 10. The van der Waals surface area contributed by atoms with Crippen LogP contribution in [0.4, 0.5) is 5.69 Å². The van der Waals surface area contributed by atoms with E-state index in [4.69, 9.17) is 20.1 Å². The molecule has 3 aromatic heterocycles. The summed E-state index contributed by atoms with van der Waals surface area (Å²) in [7, 11) is 0. The van der Waals surface area contributed by atoms with Gasteiger partial charge in [0.15, 0.2) is 11.4 Å². The molecule has 0 aliphatic carbocycles. The van der Waals surface area contributed by atoms with Crippen molar-refractivity contribution in [3.63, 3.8) is 0 Å². The van der Waals surface area contributed by atoms with E-state index in [-0.39, 0.29) is 0 Å². The molecule has 0 bridgehead atoms. The highest BCUT2D eigenvalue weighted by molar-refractivity contribution is 6.27. The van der Waals surface area contributed by atoms with E-state index in [0.717, 1.165) is 122 Å². The van der Waals surface area contributed by atoms with E-state index in [2.05, 4.69) is 215 Å². The summed E-state index contributed by atoms with van der Waals surface area (Å²) in [5.41, 5.74) is 23.2. The van der Waals surface area contributed by atoms with Crippen molar-refractivity contribution in [3.05, 3.63) is 247 Å². The number of aromatic nitrogens is 2. The predicted octanol–water partition coefficient (Wildman–Crippen LogP) is 15.2. The standard InChI is InChI=1S/C63H42N6O/c64-51-38-41(61-65-62(48-26-9-7-22-42(48)39-18-3-1-4-19-39)67-63(66-61)49-27-10-8-23-43(49)40-20-5-2-6-21-40)34-36-54(51)69-52-30-14-11-24-44(52)46-35-37-55-58(59(46)69)50-28-12-15-31-53(50)68(55)56-32-17-29-47-45-25-13-16-33-57(45)70-60(47)56/h1-38,62H,64H2,(H,65,66,67). The van der Waals surface area contributed by atoms with E-state index in [1.165, 1.54) is 0 Å². The van der Waals surface area contributed by atoms with Gasteiger partial charge in [-0.25, -0.2) is 9.98 Å². The second kappa shape index (κ2) is 15.8. The van der Waals surface area contributed by atoms with Crippen LogP contribution in [-0.2, 0) is 0 Å². The average Bonchev–Trinajstić information content (AvgIpc) is 4.09. The Bertz CT molecular complexity index is 4290.